The molecule has 0 heterocycles. The monoisotopic (exact) mass is 248 g/mol. The second kappa shape index (κ2) is 7.67. The summed E-state index contributed by atoms with van der Waals surface area (Å²) < 4.78 is 10.5. The molecule has 0 atom stereocenters. The average Bonchev–Trinajstić information content (AvgIpc) is 2.38. The third-order valence-corrected chi connectivity index (χ3v) is 2.59. The van der Waals surface area contributed by atoms with E-state index in [-0.39, 0.29) is 12.4 Å². The first-order chi connectivity index (χ1) is 8.69. The molecule has 1 rings (SSSR count). The predicted molar refractivity (Wildman–Crippen MR) is 72.3 cm³/mol. The van der Waals surface area contributed by atoms with Gasteiger partial charge in [-0.05, 0) is 37.5 Å². The molecular formula is C15H20O3. The van der Waals surface area contributed by atoms with Crippen LogP contribution in [-0.4, -0.2) is 26.1 Å². The third-order valence-electron chi connectivity index (χ3n) is 2.59. The van der Waals surface area contributed by atoms with Crippen molar-refractivity contribution in [3.05, 3.63) is 42.0 Å². The second-order valence-electron chi connectivity index (χ2n) is 4.11. The van der Waals surface area contributed by atoms with Gasteiger partial charge in [0.15, 0.2) is 5.78 Å². The van der Waals surface area contributed by atoms with Crippen LogP contribution < -0.4 is 4.74 Å². The molecule has 0 fully saturated rings. The smallest absolute Gasteiger partial charge is 0.192 e. The summed E-state index contributed by atoms with van der Waals surface area (Å²) >= 11 is 0. The summed E-state index contributed by atoms with van der Waals surface area (Å²) in [6.07, 6.45) is 3.64. The molecule has 0 saturated carbocycles. The molecule has 0 aromatic heterocycles. The van der Waals surface area contributed by atoms with E-state index in [0.29, 0.717) is 17.9 Å². The van der Waals surface area contributed by atoms with Gasteiger partial charge in [0.1, 0.15) is 12.4 Å². The third kappa shape index (κ3) is 4.34. The normalized spacial score (nSPS) is 10.1. The molecule has 98 valence electrons. The van der Waals surface area contributed by atoms with Gasteiger partial charge in [0.25, 0.3) is 0 Å². The van der Waals surface area contributed by atoms with Crippen LogP contribution in [0, 0.1) is 6.92 Å². The predicted octanol–water partition coefficient (Wildman–Crippen LogP) is 3.17. The molecule has 0 bridgehead atoms. The Bertz CT molecular complexity index is 410. The van der Waals surface area contributed by atoms with Crippen molar-refractivity contribution in [2.45, 2.75) is 19.8 Å². The van der Waals surface area contributed by atoms with Crippen LogP contribution in [0.1, 0.15) is 28.8 Å². The first-order valence-corrected chi connectivity index (χ1v) is 6.05. The Morgan fingerprint density at radius 1 is 1.44 bits per heavy atom. The molecule has 18 heavy (non-hydrogen) atoms. The lowest BCUT2D eigenvalue weighted by atomic mass is 10.1. The number of carbonyl (C=O) groups excluding carboxylic acids is 1. The van der Waals surface area contributed by atoms with Gasteiger partial charge in [-0.25, -0.2) is 0 Å². The molecule has 1 aromatic carbocycles. The fraction of sp³-hybridized carbons (Fsp3) is 0.400. The largest absolute Gasteiger partial charge is 0.496 e. The van der Waals surface area contributed by atoms with Gasteiger partial charge in [-0.1, -0.05) is 12.1 Å². The van der Waals surface area contributed by atoms with Crippen LogP contribution in [0.4, 0.5) is 0 Å². The van der Waals surface area contributed by atoms with Crippen LogP contribution in [0.25, 0.3) is 0 Å². The Morgan fingerprint density at radius 2 is 2.22 bits per heavy atom. The number of hydrogen-bond acceptors (Lipinski definition) is 3. The minimum Gasteiger partial charge on any atom is -0.496 e. The van der Waals surface area contributed by atoms with Crippen LogP contribution in [0.15, 0.2) is 30.9 Å². The number of hydrogen-bond donors (Lipinski definition) is 0. The van der Waals surface area contributed by atoms with E-state index in [4.69, 9.17) is 9.47 Å². The number of benzene rings is 1. The maximum Gasteiger partial charge on any atom is 0.192 e. The van der Waals surface area contributed by atoms with E-state index in [1.807, 2.05) is 25.1 Å². The lowest BCUT2D eigenvalue weighted by molar-refractivity contribution is 0.0754. The second-order valence-corrected chi connectivity index (χ2v) is 4.11. The van der Waals surface area contributed by atoms with Crippen molar-refractivity contribution >= 4 is 5.78 Å². The fourth-order valence-corrected chi connectivity index (χ4v) is 1.60. The number of Topliss-reactive ketones (excluding diaryl/α,β-unsaturated/α-hetero) is 1. The van der Waals surface area contributed by atoms with Crippen LogP contribution in [0.3, 0.4) is 0 Å². The van der Waals surface area contributed by atoms with E-state index in [0.717, 1.165) is 18.4 Å². The number of methoxy groups -OCH3 is 1. The van der Waals surface area contributed by atoms with Crippen LogP contribution in [0.5, 0.6) is 5.75 Å². The van der Waals surface area contributed by atoms with Crippen molar-refractivity contribution in [3.63, 3.8) is 0 Å². The van der Waals surface area contributed by atoms with Gasteiger partial charge in [0.2, 0.25) is 0 Å². The molecule has 0 unspecified atom stereocenters. The molecule has 0 aliphatic carbocycles. The number of allylic oxidation sites excluding steroid dienone is 1. The Hall–Kier alpha value is -1.61. The van der Waals surface area contributed by atoms with Crippen molar-refractivity contribution in [2.75, 3.05) is 20.3 Å². The van der Waals surface area contributed by atoms with Gasteiger partial charge in [-0.15, -0.1) is 6.58 Å². The summed E-state index contributed by atoms with van der Waals surface area (Å²) in [6.45, 7) is 6.26. The van der Waals surface area contributed by atoms with E-state index >= 15 is 0 Å². The lowest BCUT2D eigenvalue weighted by Crippen LogP contribution is -2.11. The average molecular weight is 248 g/mol. The standard InChI is InChI=1S/C15H20O3/c1-4-5-6-9-18-11-14(16)13-8-7-12(2)10-15(13)17-3/h4,7-8,10H,1,5-6,9,11H2,2-3H3. The summed E-state index contributed by atoms with van der Waals surface area (Å²) in [5.41, 5.74) is 1.64. The highest BCUT2D eigenvalue weighted by Gasteiger charge is 2.12. The van der Waals surface area contributed by atoms with Crippen LogP contribution in [-0.2, 0) is 4.74 Å². The molecular weight excluding hydrogens is 228 g/mol. The van der Waals surface area contributed by atoms with Gasteiger partial charge in [0, 0.05) is 6.61 Å². The SMILES string of the molecule is C=CCCCOCC(=O)c1ccc(C)cc1OC. The van der Waals surface area contributed by atoms with Gasteiger partial charge in [-0.3, -0.25) is 4.79 Å². The lowest BCUT2D eigenvalue weighted by Gasteiger charge is -2.08. The molecule has 0 spiro atoms. The maximum absolute atomic E-state index is 11.9. The minimum absolute atomic E-state index is 0.0505. The van der Waals surface area contributed by atoms with Crippen LogP contribution >= 0.6 is 0 Å². The van der Waals surface area contributed by atoms with Gasteiger partial charge in [0.05, 0.1) is 12.7 Å². The van der Waals surface area contributed by atoms with Gasteiger partial charge >= 0.3 is 0 Å². The zero-order chi connectivity index (χ0) is 13.4. The highest BCUT2D eigenvalue weighted by Crippen LogP contribution is 2.20. The number of unbranched alkanes of at least 4 members (excludes halogenated alkanes) is 1. The van der Waals surface area contributed by atoms with Crippen molar-refractivity contribution < 1.29 is 14.3 Å². The fourth-order valence-electron chi connectivity index (χ4n) is 1.60. The van der Waals surface area contributed by atoms with E-state index in [9.17, 15) is 4.79 Å². The zero-order valence-electron chi connectivity index (χ0n) is 11.1. The van der Waals surface area contributed by atoms with Crippen molar-refractivity contribution in [1.82, 2.24) is 0 Å². The highest BCUT2D eigenvalue weighted by molar-refractivity contribution is 5.99. The van der Waals surface area contributed by atoms with Crippen molar-refractivity contribution in [1.29, 1.82) is 0 Å². The summed E-state index contributed by atoms with van der Waals surface area (Å²) in [5.74, 6) is 0.556. The van der Waals surface area contributed by atoms with Crippen molar-refractivity contribution in [2.24, 2.45) is 0 Å². The Morgan fingerprint density at radius 3 is 2.89 bits per heavy atom. The molecule has 0 saturated heterocycles. The van der Waals surface area contributed by atoms with E-state index < -0.39 is 0 Å². The summed E-state index contributed by atoms with van der Waals surface area (Å²) in [4.78, 5) is 11.9. The number of rotatable bonds is 8. The minimum atomic E-state index is -0.0505. The molecule has 0 aliphatic rings. The molecule has 0 aliphatic heterocycles. The van der Waals surface area contributed by atoms with Gasteiger partial charge < -0.3 is 9.47 Å². The van der Waals surface area contributed by atoms with E-state index in [1.165, 1.54) is 0 Å². The number of ether oxygens (including phenoxy) is 2. The topological polar surface area (TPSA) is 35.5 Å². The molecule has 3 heteroatoms. The maximum atomic E-state index is 11.9. The quantitative estimate of drug-likeness (QED) is 0.403. The first-order valence-electron chi connectivity index (χ1n) is 6.05. The number of ketones is 1. The number of carbonyl (C=O) groups is 1. The zero-order valence-corrected chi connectivity index (χ0v) is 11.1. The summed E-state index contributed by atoms with van der Waals surface area (Å²) in [7, 11) is 1.57. The summed E-state index contributed by atoms with van der Waals surface area (Å²) in [5, 5.41) is 0. The Balaban J connectivity index is 2.53. The molecule has 0 N–H and O–H groups in total. The van der Waals surface area contributed by atoms with Crippen LogP contribution in [0.2, 0.25) is 0 Å². The molecule has 0 amide bonds. The molecule has 3 nitrogen and oxygen atoms in total. The molecule has 0 radical (unpaired) electrons. The van der Waals surface area contributed by atoms with E-state index in [2.05, 4.69) is 6.58 Å². The Kier molecular flexibility index (Phi) is 6.15. The van der Waals surface area contributed by atoms with Gasteiger partial charge in [-0.2, -0.15) is 0 Å². The van der Waals surface area contributed by atoms with E-state index in [1.54, 1.807) is 13.2 Å². The summed E-state index contributed by atoms with van der Waals surface area (Å²) in [6, 6.07) is 5.53. The molecule has 1 aromatic rings. The van der Waals surface area contributed by atoms with Crippen molar-refractivity contribution in [3.8, 4) is 5.75 Å². The Labute approximate surface area is 108 Å². The highest BCUT2D eigenvalue weighted by atomic mass is 16.5. The number of aryl methyl sites for hydroxylation is 1. The first kappa shape index (κ1) is 14.5.